The third-order valence-corrected chi connectivity index (χ3v) is 10.0. The van der Waals surface area contributed by atoms with Crippen molar-refractivity contribution in [3.63, 3.8) is 0 Å². The van der Waals surface area contributed by atoms with Crippen molar-refractivity contribution >= 4 is 44.6 Å². The van der Waals surface area contributed by atoms with Crippen LogP contribution in [0.2, 0.25) is 0 Å². The molecule has 41 heavy (non-hydrogen) atoms. The summed E-state index contributed by atoms with van der Waals surface area (Å²) in [4.78, 5) is 25.5. The molecule has 0 radical (unpaired) electrons. The van der Waals surface area contributed by atoms with Gasteiger partial charge in [0.05, 0.1) is 11.8 Å². The first kappa shape index (κ1) is 24.1. The van der Waals surface area contributed by atoms with Crippen LogP contribution in [0.25, 0.3) is 32.7 Å². The average Bonchev–Trinajstić information content (AvgIpc) is 3.59. The monoisotopic (exact) mass is 536 g/mol. The molecule has 2 fully saturated rings. The molecule has 200 valence electrons. The highest BCUT2D eigenvalue weighted by Crippen LogP contribution is 2.64. The molecular weight excluding hydrogens is 508 g/mol. The Morgan fingerprint density at radius 1 is 0.488 bits per heavy atom. The zero-order valence-corrected chi connectivity index (χ0v) is 22.3. The van der Waals surface area contributed by atoms with E-state index in [2.05, 4.69) is 72.8 Å². The van der Waals surface area contributed by atoms with E-state index in [1.165, 1.54) is 10.8 Å². The summed E-state index contributed by atoms with van der Waals surface area (Å²) < 4.78 is 0. The van der Waals surface area contributed by atoms with Crippen molar-refractivity contribution in [1.82, 2.24) is 0 Å². The molecule has 4 heteroatoms. The summed E-state index contributed by atoms with van der Waals surface area (Å²) in [6, 6.07) is 37.7. The van der Waals surface area contributed by atoms with Gasteiger partial charge in [0.1, 0.15) is 0 Å². The first-order valence-corrected chi connectivity index (χ1v) is 14.3. The number of carboxylic acids is 2. The molecule has 0 aliphatic heterocycles. The van der Waals surface area contributed by atoms with Crippen molar-refractivity contribution in [3.05, 3.63) is 131 Å². The summed E-state index contributed by atoms with van der Waals surface area (Å²) in [6.07, 6.45) is 0.597. The van der Waals surface area contributed by atoms with E-state index in [-0.39, 0.29) is 23.7 Å². The van der Waals surface area contributed by atoms with Gasteiger partial charge in [-0.15, -0.1) is 0 Å². The fourth-order valence-corrected chi connectivity index (χ4v) is 8.82. The van der Waals surface area contributed by atoms with Crippen LogP contribution in [0.1, 0.15) is 17.5 Å². The van der Waals surface area contributed by atoms with Crippen LogP contribution >= 0.6 is 0 Å². The molecule has 2 bridgehead atoms. The van der Waals surface area contributed by atoms with Gasteiger partial charge in [-0.2, -0.15) is 0 Å². The zero-order chi connectivity index (χ0) is 27.8. The van der Waals surface area contributed by atoms with Gasteiger partial charge in [-0.25, -0.2) is 0 Å². The van der Waals surface area contributed by atoms with E-state index in [0.29, 0.717) is 6.42 Å². The number of rotatable bonds is 4. The average molecular weight is 537 g/mol. The molecule has 8 rings (SSSR count). The molecule has 0 spiro atoms. The topological polar surface area (TPSA) is 74.6 Å². The second kappa shape index (κ2) is 8.90. The zero-order valence-electron chi connectivity index (χ0n) is 22.3. The van der Waals surface area contributed by atoms with Crippen molar-refractivity contribution < 1.29 is 19.8 Å². The Morgan fingerprint density at radius 2 is 0.829 bits per heavy atom. The van der Waals surface area contributed by atoms with Gasteiger partial charge in [0, 0.05) is 0 Å². The lowest BCUT2D eigenvalue weighted by Crippen LogP contribution is -2.49. The number of aliphatic carboxylic acids is 2. The van der Waals surface area contributed by atoms with E-state index in [9.17, 15) is 19.8 Å². The van der Waals surface area contributed by atoms with Gasteiger partial charge in [-0.05, 0) is 84.3 Å². The standard InChI is InChI=1S/C37H28O4/c38-36(39)34-26-19-27(35(34)37(40)41)33-29(21-13-5-2-6-14-21)31-25-18-10-8-16-23(25)22-15-7-9-17-24(22)30(31)28(32(26)33)20-11-3-1-4-12-20/h1-18,26-27,32-35H,19H2,(H,38,39)(H,40,41)/t26-,27+,32?,33?,34-,35-/m0/s1. The molecule has 0 saturated heterocycles. The van der Waals surface area contributed by atoms with Gasteiger partial charge in [0.15, 0.2) is 0 Å². The van der Waals surface area contributed by atoms with Crippen LogP contribution in [0.5, 0.6) is 0 Å². The number of carboxylic acid groups (broad SMARTS) is 2. The molecule has 3 aliphatic rings. The first-order valence-electron chi connectivity index (χ1n) is 14.3. The van der Waals surface area contributed by atoms with E-state index in [1.807, 2.05) is 36.4 Å². The first-order chi connectivity index (χ1) is 20.1. The van der Waals surface area contributed by atoms with Gasteiger partial charge in [0.2, 0.25) is 0 Å². The van der Waals surface area contributed by atoms with Crippen LogP contribution in [0, 0.1) is 35.5 Å². The van der Waals surface area contributed by atoms with E-state index in [4.69, 9.17) is 0 Å². The molecule has 3 aliphatic carbocycles. The number of hydrogen-bond donors (Lipinski definition) is 2. The maximum Gasteiger partial charge on any atom is 0.307 e. The minimum atomic E-state index is -0.994. The molecule has 5 aromatic carbocycles. The lowest BCUT2D eigenvalue weighted by molar-refractivity contribution is -0.157. The van der Waals surface area contributed by atoms with Crippen molar-refractivity contribution in [2.75, 3.05) is 0 Å². The summed E-state index contributed by atoms with van der Waals surface area (Å²) in [5.41, 5.74) is 4.49. The predicted molar refractivity (Wildman–Crippen MR) is 159 cm³/mol. The molecule has 0 aromatic heterocycles. The summed E-state index contributed by atoms with van der Waals surface area (Å²) >= 11 is 0. The van der Waals surface area contributed by atoms with Gasteiger partial charge in [-0.1, -0.05) is 109 Å². The van der Waals surface area contributed by atoms with E-state index in [0.717, 1.165) is 43.5 Å². The Kier molecular flexibility index (Phi) is 5.24. The van der Waals surface area contributed by atoms with Gasteiger partial charge >= 0.3 is 11.9 Å². The largest absolute Gasteiger partial charge is 0.481 e. The third-order valence-electron chi connectivity index (χ3n) is 10.0. The maximum absolute atomic E-state index is 12.7. The van der Waals surface area contributed by atoms with Crippen LogP contribution in [0.15, 0.2) is 109 Å². The van der Waals surface area contributed by atoms with Crippen molar-refractivity contribution in [3.8, 4) is 0 Å². The molecule has 5 aromatic rings. The Balaban J connectivity index is 1.65. The molecule has 2 unspecified atom stereocenters. The SMILES string of the molecule is O=C(O)[C@@H]1[C@@H](C(=O)O)[C@H]2C[C@@H]1C1C(c3ccccc3)=c3c(c4ccccc4c4ccccc34)=C(c3ccccc3)C12. The highest BCUT2D eigenvalue weighted by Gasteiger charge is 2.64. The van der Waals surface area contributed by atoms with Crippen LogP contribution in [-0.2, 0) is 9.59 Å². The van der Waals surface area contributed by atoms with Crippen molar-refractivity contribution in [2.24, 2.45) is 35.5 Å². The molecule has 4 nitrogen and oxygen atoms in total. The summed E-state index contributed by atoms with van der Waals surface area (Å²) in [5.74, 6) is -4.56. The lowest BCUT2D eigenvalue weighted by atomic mass is 9.59. The van der Waals surface area contributed by atoms with Crippen LogP contribution in [0.3, 0.4) is 0 Å². The van der Waals surface area contributed by atoms with E-state index < -0.39 is 23.8 Å². The van der Waals surface area contributed by atoms with Crippen LogP contribution in [-0.4, -0.2) is 22.2 Å². The van der Waals surface area contributed by atoms with Gasteiger partial charge in [0.25, 0.3) is 0 Å². The van der Waals surface area contributed by atoms with Crippen LogP contribution in [0.4, 0.5) is 0 Å². The number of benzene rings is 5. The number of fused-ring (bicyclic) bond motifs is 11. The summed E-state index contributed by atoms with van der Waals surface area (Å²) in [5, 5.41) is 27.8. The molecule has 0 heterocycles. The quantitative estimate of drug-likeness (QED) is 0.290. The predicted octanol–water partition coefficient (Wildman–Crippen LogP) is 5.69. The summed E-state index contributed by atoms with van der Waals surface area (Å²) in [7, 11) is 0. The molecular formula is C37H28O4. The Labute approximate surface area is 236 Å². The normalized spacial score (nSPS) is 26.2. The molecule has 6 atom stereocenters. The van der Waals surface area contributed by atoms with Crippen molar-refractivity contribution in [1.29, 1.82) is 0 Å². The maximum atomic E-state index is 12.7. The molecule has 2 N–H and O–H groups in total. The highest BCUT2D eigenvalue weighted by atomic mass is 16.4. The Morgan fingerprint density at radius 3 is 1.20 bits per heavy atom. The fourth-order valence-electron chi connectivity index (χ4n) is 8.82. The van der Waals surface area contributed by atoms with Crippen molar-refractivity contribution in [2.45, 2.75) is 6.42 Å². The minimum absolute atomic E-state index is 0.105. The molecule has 2 saturated carbocycles. The van der Waals surface area contributed by atoms with Gasteiger partial charge in [-0.3, -0.25) is 9.59 Å². The van der Waals surface area contributed by atoms with E-state index >= 15 is 0 Å². The second-order valence-corrected chi connectivity index (χ2v) is 11.7. The van der Waals surface area contributed by atoms with Gasteiger partial charge < -0.3 is 10.2 Å². The smallest absolute Gasteiger partial charge is 0.307 e. The Bertz CT molecular complexity index is 1860. The fraction of sp³-hybridized carbons (Fsp3) is 0.189. The summed E-state index contributed by atoms with van der Waals surface area (Å²) in [6.45, 7) is 0. The number of carbonyl (C=O) groups is 2. The second-order valence-electron chi connectivity index (χ2n) is 11.7. The highest BCUT2D eigenvalue weighted by molar-refractivity contribution is 6.10. The third kappa shape index (κ3) is 3.28. The lowest BCUT2D eigenvalue weighted by Gasteiger charge is -2.43. The molecule has 0 amide bonds. The Hall–Kier alpha value is -4.70. The number of hydrogen-bond acceptors (Lipinski definition) is 2. The van der Waals surface area contributed by atoms with Crippen LogP contribution < -0.4 is 10.4 Å². The minimum Gasteiger partial charge on any atom is -0.481 e. The van der Waals surface area contributed by atoms with E-state index in [1.54, 1.807) is 0 Å².